The lowest BCUT2D eigenvalue weighted by atomic mass is 10.2. The molecular weight excluding hydrogens is 245 g/mol. The highest BCUT2D eigenvalue weighted by Gasteiger charge is 2.36. The summed E-state index contributed by atoms with van der Waals surface area (Å²) in [5, 5.41) is 3.52. The van der Waals surface area contributed by atoms with E-state index in [1.807, 2.05) is 12.4 Å². The fourth-order valence-corrected chi connectivity index (χ4v) is 2.56. The molecule has 2 fully saturated rings. The first-order chi connectivity index (χ1) is 6.92. The molecule has 3 nitrogen and oxygen atoms in total. The van der Waals surface area contributed by atoms with Crippen molar-refractivity contribution in [2.24, 2.45) is 0 Å². The topological polar surface area (TPSA) is 28.2 Å². The zero-order valence-corrected chi connectivity index (χ0v) is 10.6. The van der Waals surface area contributed by atoms with E-state index in [-0.39, 0.29) is 24.8 Å². The molecule has 90 valence electrons. The molecule has 2 saturated heterocycles. The number of likely N-dealkylation sites (tertiary alicyclic amines) is 1. The van der Waals surface area contributed by atoms with Crippen molar-refractivity contribution in [1.82, 2.24) is 15.2 Å². The van der Waals surface area contributed by atoms with Crippen LogP contribution in [-0.4, -0.2) is 35.1 Å². The van der Waals surface area contributed by atoms with E-state index in [9.17, 15) is 0 Å². The molecule has 2 atom stereocenters. The molecule has 1 aromatic rings. The summed E-state index contributed by atoms with van der Waals surface area (Å²) in [6.45, 7) is 3.48. The van der Waals surface area contributed by atoms with Crippen LogP contribution < -0.4 is 5.32 Å². The van der Waals surface area contributed by atoms with Gasteiger partial charge in [0.1, 0.15) is 0 Å². The Kier molecular flexibility index (Phi) is 4.99. The van der Waals surface area contributed by atoms with E-state index in [1.54, 1.807) is 0 Å². The minimum Gasteiger partial charge on any atom is -0.311 e. The molecule has 16 heavy (non-hydrogen) atoms. The third-order valence-electron chi connectivity index (χ3n) is 3.31. The van der Waals surface area contributed by atoms with Crippen LogP contribution >= 0.6 is 24.8 Å². The zero-order valence-electron chi connectivity index (χ0n) is 9.00. The first-order valence-corrected chi connectivity index (χ1v) is 5.28. The Morgan fingerprint density at radius 1 is 1.31 bits per heavy atom. The summed E-state index contributed by atoms with van der Waals surface area (Å²) in [5.74, 6) is 0. The summed E-state index contributed by atoms with van der Waals surface area (Å²) < 4.78 is 0. The second-order valence-electron chi connectivity index (χ2n) is 4.28. The summed E-state index contributed by atoms with van der Waals surface area (Å²) >= 11 is 0. The Balaban J connectivity index is 0.000000640. The predicted octanol–water partition coefficient (Wildman–Crippen LogP) is 1.47. The van der Waals surface area contributed by atoms with Crippen LogP contribution in [0.15, 0.2) is 24.5 Å². The quantitative estimate of drug-likeness (QED) is 0.874. The van der Waals surface area contributed by atoms with Crippen LogP contribution in [0, 0.1) is 0 Å². The van der Waals surface area contributed by atoms with E-state index in [0.717, 1.165) is 18.6 Å². The smallest absolute Gasteiger partial charge is 0.0271 e. The van der Waals surface area contributed by atoms with Gasteiger partial charge in [0.25, 0.3) is 0 Å². The van der Waals surface area contributed by atoms with Gasteiger partial charge in [-0.05, 0) is 24.1 Å². The lowest BCUT2D eigenvalue weighted by Crippen LogP contribution is -2.42. The lowest BCUT2D eigenvalue weighted by Gasteiger charge is -2.27. The van der Waals surface area contributed by atoms with Crippen molar-refractivity contribution in [3.63, 3.8) is 0 Å². The molecule has 2 bridgehead atoms. The number of nitrogens with one attached hydrogen (secondary N) is 1. The molecular formula is C11H17Cl2N3. The van der Waals surface area contributed by atoms with Crippen molar-refractivity contribution in [3.8, 4) is 0 Å². The number of hydrogen-bond donors (Lipinski definition) is 1. The van der Waals surface area contributed by atoms with Gasteiger partial charge >= 0.3 is 0 Å². The van der Waals surface area contributed by atoms with Crippen LogP contribution in [-0.2, 0) is 6.54 Å². The number of rotatable bonds is 2. The fourth-order valence-electron chi connectivity index (χ4n) is 2.56. The molecule has 0 aliphatic carbocycles. The van der Waals surface area contributed by atoms with Crippen molar-refractivity contribution in [2.75, 3.05) is 13.1 Å². The molecule has 0 aromatic carbocycles. The van der Waals surface area contributed by atoms with Crippen molar-refractivity contribution >= 4 is 24.8 Å². The number of aromatic nitrogens is 1. The van der Waals surface area contributed by atoms with E-state index in [4.69, 9.17) is 0 Å². The number of nitrogens with zero attached hydrogens (tertiary/aromatic N) is 2. The molecule has 2 unspecified atom stereocenters. The highest BCUT2D eigenvalue weighted by molar-refractivity contribution is 5.85. The summed E-state index contributed by atoms with van der Waals surface area (Å²) in [7, 11) is 0. The second-order valence-corrected chi connectivity index (χ2v) is 4.28. The van der Waals surface area contributed by atoms with Gasteiger partial charge in [0.15, 0.2) is 0 Å². The number of hydrogen-bond acceptors (Lipinski definition) is 3. The van der Waals surface area contributed by atoms with Gasteiger partial charge in [-0.1, -0.05) is 0 Å². The number of piperazine rings is 1. The van der Waals surface area contributed by atoms with Gasteiger partial charge in [-0.2, -0.15) is 0 Å². The summed E-state index contributed by atoms with van der Waals surface area (Å²) in [4.78, 5) is 6.62. The summed E-state index contributed by atoms with van der Waals surface area (Å²) in [6, 6.07) is 5.74. The van der Waals surface area contributed by atoms with Gasteiger partial charge in [0.2, 0.25) is 0 Å². The van der Waals surface area contributed by atoms with Crippen LogP contribution in [0.2, 0.25) is 0 Å². The van der Waals surface area contributed by atoms with Gasteiger partial charge in [-0.15, -0.1) is 24.8 Å². The Hall–Kier alpha value is -0.350. The van der Waals surface area contributed by atoms with Crippen molar-refractivity contribution in [2.45, 2.75) is 25.0 Å². The van der Waals surface area contributed by atoms with E-state index in [1.165, 1.54) is 25.1 Å². The van der Waals surface area contributed by atoms with E-state index >= 15 is 0 Å². The monoisotopic (exact) mass is 261 g/mol. The molecule has 2 aliphatic rings. The maximum absolute atomic E-state index is 4.04. The molecule has 0 saturated carbocycles. The maximum Gasteiger partial charge on any atom is 0.0271 e. The molecule has 3 rings (SSSR count). The third kappa shape index (κ3) is 2.66. The van der Waals surface area contributed by atoms with Crippen molar-refractivity contribution in [1.29, 1.82) is 0 Å². The molecule has 3 heterocycles. The second kappa shape index (κ2) is 5.82. The maximum atomic E-state index is 4.04. The molecule has 0 radical (unpaired) electrons. The predicted molar refractivity (Wildman–Crippen MR) is 69.3 cm³/mol. The third-order valence-corrected chi connectivity index (χ3v) is 3.31. The lowest BCUT2D eigenvalue weighted by molar-refractivity contribution is 0.218. The Morgan fingerprint density at radius 3 is 2.62 bits per heavy atom. The highest BCUT2D eigenvalue weighted by atomic mass is 35.5. The average molecular weight is 262 g/mol. The van der Waals surface area contributed by atoms with Gasteiger partial charge in [-0.3, -0.25) is 9.88 Å². The van der Waals surface area contributed by atoms with Crippen LogP contribution in [0.5, 0.6) is 0 Å². The van der Waals surface area contributed by atoms with Crippen molar-refractivity contribution < 1.29 is 0 Å². The molecule has 2 aliphatic heterocycles. The Labute approximate surface area is 108 Å². The minimum atomic E-state index is 0. The first kappa shape index (κ1) is 13.7. The van der Waals surface area contributed by atoms with Crippen molar-refractivity contribution in [3.05, 3.63) is 30.1 Å². The van der Waals surface area contributed by atoms with Crippen LogP contribution in [0.3, 0.4) is 0 Å². The van der Waals surface area contributed by atoms with E-state index in [0.29, 0.717) is 0 Å². The summed E-state index contributed by atoms with van der Waals surface area (Å²) in [6.07, 6.45) is 5.09. The number of fused-ring (bicyclic) bond motifs is 2. The normalized spacial score (nSPS) is 27.2. The molecule has 1 aromatic heterocycles. The first-order valence-electron chi connectivity index (χ1n) is 5.28. The van der Waals surface area contributed by atoms with Gasteiger partial charge < -0.3 is 5.32 Å². The fraction of sp³-hybridized carbons (Fsp3) is 0.545. The largest absolute Gasteiger partial charge is 0.311 e. The van der Waals surface area contributed by atoms with Crippen LogP contribution in [0.4, 0.5) is 0 Å². The van der Waals surface area contributed by atoms with Gasteiger partial charge in [0, 0.05) is 44.1 Å². The average Bonchev–Trinajstić information content (AvgIpc) is 2.81. The SMILES string of the molecule is Cl.Cl.c1cc(CN2CC3CC2CN3)ccn1. The Bertz CT molecular complexity index is 320. The van der Waals surface area contributed by atoms with E-state index in [2.05, 4.69) is 27.3 Å². The molecule has 5 heteroatoms. The van der Waals surface area contributed by atoms with E-state index < -0.39 is 0 Å². The minimum absolute atomic E-state index is 0. The zero-order chi connectivity index (χ0) is 9.38. The van der Waals surface area contributed by atoms with Crippen LogP contribution in [0.1, 0.15) is 12.0 Å². The van der Waals surface area contributed by atoms with Gasteiger partial charge in [-0.25, -0.2) is 0 Å². The molecule has 0 amide bonds. The standard InChI is InChI=1S/C11H15N3.2ClH/c1-3-12-4-2-9(1)7-14-8-10-5-11(14)6-13-10;;/h1-4,10-11,13H,5-8H2;2*1H. The van der Waals surface area contributed by atoms with Crippen LogP contribution in [0.25, 0.3) is 0 Å². The van der Waals surface area contributed by atoms with Gasteiger partial charge in [0.05, 0.1) is 0 Å². The summed E-state index contributed by atoms with van der Waals surface area (Å²) in [5.41, 5.74) is 1.38. The molecule has 1 N–H and O–H groups in total. The molecule has 0 spiro atoms. The highest BCUT2D eigenvalue weighted by Crippen LogP contribution is 2.24. The Morgan fingerprint density at radius 2 is 2.06 bits per heavy atom. The number of halogens is 2. The number of pyridine rings is 1.